The fourth-order valence-electron chi connectivity index (χ4n) is 4.02. The number of hydrogen-bond acceptors (Lipinski definition) is 6. The van der Waals surface area contributed by atoms with Crippen molar-refractivity contribution in [2.45, 2.75) is 26.1 Å². The second-order valence-corrected chi connectivity index (χ2v) is 8.82. The van der Waals surface area contributed by atoms with Crippen molar-refractivity contribution < 1.29 is 24.2 Å². The van der Waals surface area contributed by atoms with Gasteiger partial charge in [0.25, 0.3) is 11.8 Å². The Kier molecular flexibility index (Phi) is 7.53. The Morgan fingerprint density at radius 2 is 1.86 bits per heavy atom. The summed E-state index contributed by atoms with van der Waals surface area (Å²) in [6, 6.07) is 15.4. The third-order valence-electron chi connectivity index (χ3n) is 5.62. The zero-order valence-electron chi connectivity index (χ0n) is 19.4. The molecular weight excluding hydrogens is 470 g/mol. The number of hydrogen-bond donors (Lipinski definition) is 2. The molecule has 1 heterocycles. The summed E-state index contributed by atoms with van der Waals surface area (Å²) in [4.78, 5) is 26.8. The van der Waals surface area contributed by atoms with Gasteiger partial charge in [-0.2, -0.15) is 5.10 Å². The van der Waals surface area contributed by atoms with E-state index in [4.69, 9.17) is 21.1 Å². The van der Waals surface area contributed by atoms with Crippen molar-refractivity contribution in [1.82, 2.24) is 10.3 Å². The molecule has 8 nitrogen and oxygen atoms in total. The third kappa shape index (κ3) is 5.90. The van der Waals surface area contributed by atoms with Crippen molar-refractivity contribution in [3.63, 3.8) is 0 Å². The summed E-state index contributed by atoms with van der Waals surface area (Å²) in [6.45, 7) is 4.93. The highest BCUT2D eigenvalue weighted by molar-refractivity contribution is 6.32. The molecule has 4 rings (SSSR count). The molecule has 2 atom stereocenters. The van der Waals surface area contributed by atoms with Crippen molar-refractivity contribution in [1.29, 1.82) is 0 Å². The van der Waals surface area contributed by atoms with Crippen LogP contribution >= 0.6 is 11.6 Å². The Morgan fingerprint density at radius 3 is 2.57 bits per heavy atom. The summed E-state index contributed by atoms with van der Waals surface area (Å²) in [7, 11) is 0. The van der Waals surface area contributed by atoms with E-state index < -0.39 is 5.91 Å². The maximum Gasteiger partial charge on any atom is 0.271 e. The van der Waals surface area contributed by atoms with Crippen LogP contribution in [0.1, 0.15) is 29.8 Å². The van der Waals surface area contributed by atoms with Crippen LogP contribution in [0.3, 0.4) is 0 Å². The van der Waals surface area contributed by atoms with Crippen molar-refractivity contribution in [2.24, 2.45) is 5.10 Å². The molecule has 1 saturated heterocycles. The van der Waals surface area contributed by atoms with Crippen LogP contribution < -0.4 is 10.2 Å². The third-order valence-corrected chi connectivity index (χ3v) is 5.92. The van der Waals surface area contributed by atoms with Crippen LogP contribution in [-0.4, -0.2) is 59.9 Å². The maximum absolute atomic E-state index is 12.7. The number of fused-ring (bicyclic) bond motifs is 1. The van der Waals surface area contributed by atoms with Gasteiger partial charge >= 0.3 is 0 Å². The highest BCUT2D eigenvalue weighted by atomic mass is 35.5. The second-order valence-electron chi connectivity index (χ2n) is 8.41. The van der Waals surface area contributed by atoms with Crippen LogP contribution in [0.25, 0.3) is 10.8 Å². The lowest BCUT2D eigenvalue weighted by molar-refractivity contribution is -0.145. The maximum atomic E-state index is 12.7. The van der Waals surface area contributed by atoms with E-state index in [0.29, 0.717) is 18.8 Å². The van der Waals surface area contributed by atoms with Gasteiger partial charge in [0.15, 0.2) is 6.61 Å². The van der Waals surface area contributed by atoms with Gasteiger partial charge in [-0.3, -0.25) is 9.59 Å². The number of benzene rings is 3. The highest BCUT2D eigenvalue weighted by Crippen LogP contribution is 2.28. The van der Waals surface area contributed by atoms with Crippen molar-refractivity contribution in [3.05, 3.63) is 70.7 Å². The molecular formula is C26H26ClN3O5. The molecule has 1 aliphatic heterocycles. The van der Waals surface area contributed by atoms with Crippen molar-refractivity contribution >= 4 is 40.4 Å². The largest absolute Gasteiger partial charge is 0.506 e. The first-order valence-electron chi connectivity index (χ1n) is 11.2. The molecule has 3 aromatic rings. The SMILES string of the molecule is CC1CN(C(=O)COc2ccc(/C=N/NC(=O)c3ccc(O)c(Cl)c3)c3ccccc23)CC(C)O1. The van der Waals surface area contributed by atoms with Gasteiger partial charge in [-0.05, 0) is 49.6 Å². The number of rotatable bonds is 6. The highest BCUT2D eigenvalue weighted by Gasteiger charge is 2.26. The Morgan fingerprint density at radius 1 is 1.14 bits per heavy atom. The number of ether oxygens (including phenoxy) is 2. The minimum Gasteiger partial charge on any atom is -0.506 e. The molecule has 0 aliphatic carbocycles. The van der Waals surface area contributed by atoms with Gasteiger partial charge in [0, 0.05) is 29.6 Å². The lowest BCUT2D eigenvalue weighted by atomic mass is 10.0. The summed E-state index contributed by atoms with van der Waals surface area (Å²) < 4.78 is 11.6. The van der Waals surface area contributed by atoms with E-state index >= 15 is 0 Å². The van der Waals surface area contributed by atoms with Crippen molar-refractivity contribution in [2.75, 3.05) is 19.7 Å². The Labute approximate surface area is 208 Å². The van der Waals surface area contributed by atoms with Crippen LogP contribution in [0.15, 0.2) is 59.7 Å². The van der Waals surface area contributed by atoms with Crippen LogP contribution in [0.2, 0.25) is 5.02 Å². The van der Waals surface area contributed by atoms with Crippen LogP contribution in [0.4, 0.5) is 0 Å². The molecule has 3 aromatic carbocycles. The van der Waals surface area contributed by atoms with Gasteiger partial charge in [0.1, 0.15) is 11.5 Å². The van der Waals surface area contributed by atoms with Gasteiger partial charge < -0.3 is 19.5 Å². The molecule has 35 heavy (non-hydrogen) atoms. The average Bonchev–Trinajstić information content (AvgIpc) is 2.84. The molecule has 0 spiro atoms. The summed E-state index contributed by atoms with van der Waals surface area (Å²) in [5, 5.41) is 15.3. The molecule has 0 radical (unpaired) electrons. The molecule has 2 unspecified atom stereocenters. The fraction of sp³-hybridized carbons (Fsp3) is 0.269. The number of carbonyl (C=O) groups excluding carboxylic acids is 2. The summed E-state index contributed by atoms with van der Waals surface area (Å²) in [5.74, 6) is -0.0593. The van der Waals surface area contributed by atoms with E-state index in [2.05, 4.69) is 10.5 Å². The van der Waals surface area contributed by atoms with E-state index in [1.165, 1.54) is 24.4 Å². The molecule has 2 amide bonds. The quantitative estimate of drug-likeness (QED) is 0.398. The molecule has 0 bridgehead atoms. The first-order chi connectivity index (χ1) is 16.8. The average molecular weight is 496 g/mol. The molecule has 182 valence electrons. The van der Waals surface area contributed by atoms with Gasteiger partial charge in [-0.25, -0.2) is 5.43 Å². The molecule has 2 N–H and O–H groups in total. The summed E-state index contributed by atoms with van der Waals surface area (Å²) >= 11 is 5.86. The molecule has 0 saturated carbocycles. The number of morpholine rings is 1. The van der Waals surface area contributed by atoms with Gasteiger partial charge in [-0.1, -0.05) is 35.9 Å². The van der Waals surface area contributed by atoms with Crippen LogP contribution in [-0.2, 0) is 9.53 Å². The van der Waals surface area contributed by atoms with Crippen LogP contribution in [0.5, 0.6) is 11.5 Å². The Hall–Kier alpha value is -3.62. The van der Waals surface area contributed by atoms with E-state index in [-0.39, 0.29) is 41.1 Å². The molecule has 1 aliphatic rings. The van der Waals surface area contributed by atoms with E-state index in [9.17, 15) is 14.7 Å². The lowest BCUT2D eigenvalue weighted by Crippen LogP contribution is -2.49. The number of phenolic OH excluding ortho intramolecular Hbond substituents is 1. The minimum absolute atomic E-state index is 0.00591. The first kappa shape index (κ1) is 24.5. The zero-order valence-corrected chi connectivity index (χ0v) is 20.2. The van der Waals surface area contributed by atoms with E-state index in [1.54, 1.807) is 11.0 Å². The van der Waals surface area contributed by atoms with Gasteiger partial charge in [-0.15, -0.1) is 0 Å². The topological polar surface area (TPSA) is 100 Å². The van der Waals surface area contributed by atoms with Gasteiger partial charge in [0.05, 0.1) is 23.4 Å². The zero-order chi connectivity index (χ0) is 24.9. The molecule has 9 heteroatoms. The fourth-order valence-corrected chi connectivity index (χ4v) is 4.20. The lowest BCUT2D eigenvalue weighted by Gasteiger charge is -2.35. The predicted octanol–water partition coefficient (Wildman–Crippen LogP) is 3.98. The smallest absolute Gasteiger partial charge is 0.271 e. The number of nitrogens with zero attached hydrogens (tertiary/aromatic N) is 2. The minimum atomic E-state index is -0.460. The number of phenols is 1. The predicted molar refractivity (Wildman–Crippen MR) is 134 cm³/mol. The number of amides is 2. The summed E-state index contributed by atoms with van der Waals surface area (Å²) in [6.07, 6.45) is 1.52. The normalized spacial score (nSPS) is 18.1. The number of halogens is 1. The Bertz CT molecular complexity index is 1270. The van der Waals surface area contributed by atoms with Gasteiger partial charge in [0.2, 0.25) is 0 Å². The van der Waals surface area contributed by atoms with Crippen LogP contribution in [0, 0.1) is 0 Å². The monoisotopic (exact) mass is 495 g/mol. The summed E-state index contributed by atoms with van der Waals surface area (Å²) in [5.41, 5.74) is 3.49. The second kappa shape index (κ2) is 10.8. The van der Waals surface area contributed by atoms with E-state index in [1.807, 2.05) is 44.2 Å². The standard InChI is InChI=1S/C26H26ClN3O5/c1-16-13-30(14-17(2)35-16)25(32)15-34-24-10-8-19(20-5-3-4-6-21(20)24)12-28-29-26(33)18-7-9-23(31)22(27)11-18/h3-12,16-17,31H,13-15H2,1-2H3,(H,29,33)/b28-12+. The Balaban J connectivity index is 1.45. The number of aromatic hydroxyl groups is 1. The number of hydrazone groups is 1. The van der Waals surface area contributed by atoms with Crippen molar-refractivity contribution in [3.8, 4) is 11.5 Å². The number of nitrogens with one attached hydrogen (secondary N) is 1. The first-order valence-corrected chi connectivity index (χ1v) is 11.6. The molecule has 1 fully saturated rings. The number of carbonyl (C=O) groups is 2. The molecule has 0 aromatic heterocycles. The van der Waals surface area contributed by atoms with E-state index in [0.717, 1.165) is 16.3 Å².